The molecule has 2 aromatic heterocycles. The van der Waals surface area contributed by atoms with Crippen molar-refractivity contribution >= 4 is 22.2 Å². The number of rotatable bonds is 6. The quantitative estimate of drug-likeness (QED) is 0.844. The molecule has 0 aromatic carbocycles. The van der Waals surface area contributed by atoms with Gasteiger partial charge in [0.15, 0.2) is 4.96 Å². The second kappa shape index (κ2) is 6.80. The standard InChI is InChI=1S/C16H23N3O3S/c1-10(2)5-6-16(4,22)9-18-13(20)12-7-17-15-19(14(12)21)11(3)8-23-15/h7-8,10,22H,5-6,9H2,1-4H3,(H,18,20). The molecule has 0 aliphatic heterocycles. The molecule has 1 unspecified atom stereocenters. The van der Waals surface area contributed by atoms with Gasteiger partial charge in [-0.15, -0.1) is 11.3 Å². The minimum Gasteiger partial charge on any atom is -0.388 e. The van der Waals surface area contributed by atoms with E-state index in [0.717, 1.165) is 12.1 Å². The first kappa shape index (κ1) is 17.6. The Morgan fingerprint density at radius 1 is 1.52 bits per heavy atom. The van der Waals surface area contributed by atoms with Crippen LogP contribution in [0.2, 0.25) is 0 Å². The molecule has 1 amide bonds. The summed E-state index contributed by atoms with van der Waals surface area (Å²) >= 11 is 1.36. The summed E-state index contributed by atoms with van der Waals surface area (Å²) in [7, 11) is 0. The lowest BCUT2D eigenvalue weighted by atomic mass is 9.95. The molecular weight excluding hydrogens is 314 g/mol. The molecule has 0 radical (unpaired) electrons. The lowest BCUT2D eigenvalue weighted by molar-refractivity contribution is 0.0429. The summed E-state index contributed by atoms with van der Waals surface area (Å²) in [4.78, 5) is 29.4. The van der Waals surface area contributed by atoms with E-state index in [9.17, 15) is 14.7 Å². The first-order chi connectivity index (χ1) is 10.7. The van der Waals surface area contributed by atoms with E-state index in [1.54, 1.807) is 13.8 Å². The molecule has 7 heteroatoms. The van der Waals surface area contributed by atoms with Crippen molar-refractivity contribution in [3.63, 3.8) is 0 Å². The van der Waals surface area contributed by atoms with Crippen molar-refractivity contribution in [2.24, 2.45) is 5.92 Å². The van der Waals surface area contributed by atoms with Gasteiger partial charge in [0.2, 0.25) is 0 Å². The molecule has 0 spiro atoms. The summed E-state index contributed by atoms with van der Waals surface area (Å²) < 4.78 is 1.43. The van der Waals surface area contributed by atoms with E-state index in [2.05, 4.69) is 24.1 Å². The lowest BCUT2D eigenvalue weighted by Gasteiger charge is -2.24. The fraction of sp³-hybridized carbons (Fsp3) is 0.562. The monoisotopic (exact) mass is 337 g/mol. The highest BCUT2D eigenvalue weighted by molar-refractivity contribution is 7.15. The van der Waals surface area contributed by atoms with Crippen LogP contribution >= 0.6 is 11.3 Å². The number of hydrogen-bond acceptors (Lipinski definition) is 5. The number of carbonyl (C=O) groups is 1. The van der Waals surface area contributed by atoms with Crippen LogP contribution in [0.4, 0.5) is 0 Å². The van der Waals surface area contributed by atoms with E-state index in [1.165, 1.54) is 21.9 Å². The molecule has 2 rings (SSSR count). The van der Waals surface area contributed by atoms with Gasteiger partial charge in [0.1, 0.15) is 5.56 Å². The molecule has 0 aliphatic carbocycles. The Morgan fingerprint density at radius 3 is 2.87 bits per heavy atom. The van der Waals surface area contributed by atoms with Crippen LogP contribution in [-0.4, -0.2) is 32.5 Å². The Balaban J connectivity index is 2.11. The van der Waals surface area contributed by atoms with Gasteiger partial charge in [-0.1, -0.05) is 13.8 Å². The van der Waals surface area contributed by atoms with Crippen LogP contribution in [0.1, 0.15) is 49.7 Å². The highest BCUT2D eigenvalue weighted by Crippen LogP contribution is 2.16. The Labute approximate surface area is 139 Å². The van der Waals surface area contributed by atoms with Gasteiger partial charge in [-0.3, -0.25) is 14.0 Å². The van der Waals surface area contributed by atoms with Crippen LogP contribution in [0.15, 0.2) is 16.4 Å². The van der Waals surface area contributed by atoms with Crippen molar-refractivity contribution in [2.75, 3.05) is 6.54 Å². The van der Waals surface area contributed by atoms with Crippen LogP contribution in [0.3, 0.4) is 0 Å². The highest BCUT2D eigenvalue weighted by Gasteiger charge is 2.23. The molecule has 0 aliphatic rings. The molecule has 0 saturated carbocycles. The number of hydrogen-bond donors (Lipinski definition) is 2. The number of nitrogens with zero attached hydrogens (tertiary/aromatic N) is 2. The zero-order valence-corrected chi connectivity index (χ0v) is 14.7. The van der Waals surface area contributed by atoms with E-state index in [0.29, 0.717) is 17.3 Å². The first-order valence-corrected chi connectivity index (χ1v) is 8.55. The Hall–Kier alpha value is -1.73. The SMILES string of the molecule is Cc1csc2ncc(C(=O)NCC(C)(O)CCC(C)C)c(=O)n12. The molecule has 23 heavy (non-hydrogen) atoms. The van der Waals surface area contributed by atoms with Crippen molar-refractivity contribution in [2.45, 2.75) is 46.1 Å². The van der Waals surface area contributed by atoms with Gasteiger partial charge in [-0.25, -0.2) is 4.98 Å². The number of thiazole rings is 1. The summed E-state index contributed by atoms with van der Waals surface area (Å²) in [5.41, 5.74) is -0.635. The number of fused-ring (bicyclic) bond motifs is 1. The smallest absolute Gasteiger partial charge is 0.271 e. The molecule has 0 fully saturated rings. The average Bonchev–Trinajstić information content (AvgIpc) is 2.86. The number of aryl methyl sites for hydroxylation is 1. The third kappa shape index (κ3) is 4.17. The maximum Gasteiger partial charge on any atom is 0.271 e. The third-order valence-corrected chi connectivity index (χ3v) is 4.71. The van der Waals surface area contributed by atoms with Crippen molar-refractivity contribution in [3.8, 4) is 0 Å². The molecular formula is C16H23N3O3S. The van der Waals surface area contributed by atoms with E-state index in [1.807, 2.05) is 5.38 Å². The minimum atomic E-state index is -0.994. The van der Waals surface area contributed by atoms with Crippen LogP contribution in [0.25, 0.3) is 4.96 Å². The van der Waals surface area contributed by atoms with Gasteiger partial charge in [-0.05, 0) is 32.6 Å². The molecule has 0 saturated heterocycles. The summed E-state index contributed by atoms with van der Waals surface area (Å²) in [6.45, 7) is 7.75. The topological polar surface area (TPSA) is 83.7 Å². The largest absolute Gasteiger partial charge is 0.388 e. The van der Waals surface area contributed by atoms with Gasteiger partial charge >= 0.3 is 0 Å². The molecule has 2 heterocycles. The Bertz CT molecular complexity index is 762. The zero-order chi connectivity index (χ0) is 17.2. The molecule has 1 atom stereocenters. The van der Waals surface area contributed by atoms with Gasteiger partial charge in [0, 0.05) is 23.8 Å². The van der Waals surface area contributed by atoms with Gasteiger partial charge < -0.3 is 10.4 Å². The maximum atomic E-state index is 12.4. The van der Waals surface area contributed by atoms with Crippen molar-refractivity contribution in [1.29, 1.82) is 0 Å². The molecule has 6 nitrogen and oxygen atoms in total. The molecule has 126 valence electrons. The van der Waals surface area contributed by atoms with E-state index < -0.39 is 11.5 Å². The Morgan fingerprint density at radius 2 is 2.22 bits per heavy atom. The van der Waals surface area contributed by atoms with Crippen LogP contribution in [-0.2, 0) is 0 Å². The van der Waals surface area contributed by atoms with E-state index >= 15 is 0 Å². The van der Waals surface area contributed by atoms with E-state index in [-0.39, 0.29) is 17.7 Å². The Kier molecular flexibility index (Phi) is 5.21. The zero-order valence-electron chi connectivity index (χ0n) is 13.9. The van der Waals surface area contributed by atoms with Crippen LogP contribution in [0.5, 0.6) is 0 Å². The first-order valence-electron chi connectivity index (χ1n) is 7.68. The predicted octanol–water partition coefficient (Wildman–Crippen LogP) is 1.98. The number of aliphatic hydroxyl groups is 1. The summed E-state index contributed by atoms with van der Waals surface area (Å²) in [6.07, 6.45) is 2.75. The fourth-order valence-electron chi connectivity index (χ4n) is 2.23. The lowest BCUT2D eigenvalue weighted by Crippen LogP contribution is -2.42. The second-order valence-corrected chi connectivity index (χ2v) is 7.42. The van der Waals surface area contributed by atoms with Crippen LogP contribution < -0.4 is 10.9 Å². The van der Waals surface area contributed by atoms with Gasteiger partial charge in [0.25, 0.3) is 11.5 Å². The molecule has 0 bridgehead atoms. The average molecular weight is 337 g/mol. The summed E-state index contributed by atoms with van der Waals surface area (Å²) in [6, 6.07) is 0. The fourth-order valence-corrected chi connectivity index (χ4v) is 3.06. The van der Waals surface area contributed by atoms with Crippen molar-refractivity contribution in [3.05, 3.63) is 33.2 Å². The number of nitrogens with one attached hydrogen (secondary N) is 1. The third-order valence-electron chi connectivity index (χ3n) is 3.75. The van der Waals surface area contributed by atoms with E-state index in [4.69, 9.17) is 0 Å². The van der Waals surface area contributed by atoms with Gasteiger partial charge in [0.05, 0.1) is 5.60 Å². The van der Waals surface area contributed by atoms with Gasteiger partial charge in [-0.2, -0.15) is 0 Å². The van der Waals surface area contributed by atoms with Crippen LogP contribution in [0, 0.1) is 12.8 Å². The summed E-state index contributed by atoms with van der Waals surface area (Å²) in [5.74, 6) is -0.0256. The normalized spacial score (nSPS) is 14.2. The number of aromatic nitrogens is 2. The molecule has 2 aromatic rings. The number of carbonyl (C=O) groups excluding carboxylic acids is 1. The highest BCUT2D eigenvalue weighted by atomic mass is 32.1. The van der Waals surface area contributed by atoms with Crippen molar-refractivity contribution < 1.29 is 9.90 Å². The summed E-state index contributed by atoms with van der Waals surface area (Å²) in [5, 5.41) is 14.8. The maximum absolute atomic E-state index is 12.4. The minimum absolute atomic E-state index is 0.0105. The van der Waals surface area contributed by atoms with Crippen molar-refractivity contribution in [1.82, 2.24) is 14.7 Å². The second-order valence-electron chi connectivity index (χ2n) is 6.58. The molecule has 2 N–H and O–H groups in total. The predicted molar refractivity (Wildman–Crippen MR) is 91.1 cm³/mol. The number of amides is 1.